The third-order valence-electron chi connectivity index (χ3n) is 11.8. The molecule has 5 heterocycles. The third kappa shape index (κ3) is 11.3. The Morgan fingerprint density at radius 2 is 1.62 bits per heavy atom. The molecule has 1 amide bonds. The number of pyridine rings is 2. The van der Waals surface area contributed by atoms with Gasteiger partial charge in [0.25, 0.3) is 0 Å². The number of likely N-dealkylation sites (N-methyl/N-ethyl adjacent to an activating group) is 1. The first-order valence-corrected chi connectivity index (χ1v) is 22.7. The summed E-state index contributed by atoms with van der Waals surface area (Å²) in [5, 5.41) is 2.91. The van der Waals surface area contributed by atoms with Crippen LogP contribution in [0.3, 0.4) is 0 Å². The van der Waals surface area contributed by atoms with Crippen molar-refractivity contribution in [2.45, 2.75) is 77.7 Å². The number of ether oxygens (including phenoxy) is 5. The summed E-state index contributed by atoms with van der Waals surface area (Å²) in [6.07, 6.45) is -4.83. The second-order valence-electron chi connectivity index (χ2n) is 18.0. The molecule has 364 valence electrons. The Morgan fingerprint density at radius 1 is 0.957 bits per heavy atom. The Bertz CT molecular complexity index is 2760. The summed E-state index contributed by atoms with van der Waals surface area (Å²) in [6, 6.07) is 20.8. The number of alkyl halides is 4. The molecule has 2 aliphatic heterocycles. The largest absolute Gasteiger partial charge is 0.497 e. The molecule has 1 N–H and O–H groups in total. The van der Waals surface area contributed by atoms with Crippen LogP contribution in [0.4, 0.5) is 39.8 Å². The van der Waals surface area contributed by atoms with Gasteiger partial charge in [-0.2, -0.15) is 23.1 Å². The molecule has 0 aliphatic carbocycles. The predicted molar refractivity (Wildman–Crippen MR) is 255 cm³/mol. The van der Waals surface area contributed by atoms with Crippen molar-refractivity contribution in [1.29, 1.82) is 0 Å². The zero-order valence-corrected chi connectivity index (χ0v) is 40.0. The Hall–Kier alpha value is -6.66. The van der Waals surface area contributed by atoms with Crippen molar-refractivity contribution < 1.29 is 46.0 Å². The summed E-state index contributed by atoms with van der Waals surface area (Å²) in [7, 11) is 4.94. The second kappa shape index (κ2) is 20.1. The molecule has 0 spiro atoms. The molecule has 1 saturated heterocycles. The van der Waals surface area contributed by atoms with Crippen molar-refractivity contribution in [2.24, 2.45) is 0 Å². The van der Waals surface area contributed by atoms with Gasteiger partial charge in [0.1, 0.15) is 53.9 Å². The fourth-order valence-electron chi connectivity index (χ4n) is 8.47. The van der Waals surface area contributed by atoms with Gasteiger partial charge in [-0.3, -0.25) is 10.2 Å². The van der Waals surface area contributed by atoms with E-state index in [4.69, 9.17) is 50.2 Å². The van der Waals surface area contributed by atoms with E-state index in [1.807, 2.05) is 63.2 Å². The number of rotatable bonds is 14. The van der Waals surface area contributed by atoms with Gasteiger partial charge in [0.05, 0.1) is 47.9 Å². The summed E-state index contributed by atoms with van der Waals surface area (Å²) >= 11 is 7.30. The van der Waals surface area contributed by atoms with Crippen molar-refractivity contribution in [3.63, 3.8) is 0 Å². The molecule has 1 fully saturated rings. The second-order valence-corrected chi connectivity index (χ2v) is 18.4. The van der Waals surface area contributed by atoms with Crippen LogP contribution in [0, 0.1) is 6.92 Å². The average molecular weight is 973 g/mol. The number of halogens is 5. The maximum atomic E-state index is 15.5. The third-order valence-corrected chi connectivity index (χ3v) is 12.2. The Balaban J connectivity index is 1.27. The maximum absolute atomic E-state index is 15.5. The molecule has 2 aliphatic rings. The van der Waals surface area contributed by atoms with Crippen LogP contribution in [0.15, 0.2) is 79.0 Å². The number of amides is 1. The minimum atomic E-state index is -4.87. The highest BCUT2D eigenvalue weighted by atomic mass is 35.5. The van der Waals surface area contributed by atoms with Crippen LogP contribution in [0.2, 0.25) is 5.02 Å². The van der Waals surface area contributed by atoms with E-state index >= 15 is 13.2 Å². The number of anilines is 3. The lowest BCUT2D eigenvalue weighted by Crippen LogP contribution is -2.31. The van der Waals surface area contributed by atoms with Gasteiger partial charge in [0, 0.05) is 49.5 Å². The lowest BCUT2D eigenvalue weighted by molar-refractivity contribution is -0.137. The van der Waals surface area contributed by atoms with Crippen molar-refractivity contribution in [2.75, 3.05) is 62.7 Å². The summed E-state index contributed by atoms with van der Waals surface area (Å²) in [5.74, 6) is 2.14. The van der Waals surface area contributed by atoms with Crippen LogP contribution in [0.5, 0.6) is 23.3 Å². The predicted octanol–water partition coefficient (Wildman–Crippen LogP) is 10.5. The number of aromatic nitrogens is 4. The SMILES string of the molecule is COc1ccc(CN(Cc2ccc(OC)cc2)c2cc(C)c(C(F)(F)F)c(-c3cc4nc(OC[C@@H]5C[C@@H](F)CN5C)nc5c4c(c3Cl)OCCN5Cc3cccnc3NC(=O)OC(C)(C)C)n2)cc1. The number of hydrogen-bond donors (Lipinski definition) is 1. The van der Waals surface area contributed by atoms with E-state index in [0.29, 0.717) is 28.3 Å². The zero-order chi connectivity index (χ0) is 49.2. The molecule has 3 aromatic heterocycles. The molecule has 0 bridgehead atoms. The summed E-state index contributed by atoms with van der Waals surface area (Å²) in [5.41, 5.74) is 0.101. The van der Waals surface area contributed by atoms with Gasteiger partial charge in [-0.25, -0.2) is 19.2 Å². The molecule has 3 aromatic carbocycles. The van der Waals surface area contributed by atoms with Crippen molar-refractivity contribution in [1.82, 2.24) is 24.8 Å². The topological polar surface area (TPSA) is 137 Å². The van der Waals surface area contributed by atoms with Crippen LogP contribution < -0.4 is 34.1 Å². The van der Waals surface area contributed by atoms with Crippen molar-refractivity contribution in [3.8, 4) is 34.5 Å². The molecule has 2 atom stereocenters. The highest BCUT2D eigenvalue weighted by Crippen LogP contribution is 2.49. The number of methoxy groups -OCH3 is 2. The fourth-order valence-corrected chi connectivity index (χ4v) is 8.76. The first-order valence-electron chi connectivity index (χ1n) is 22.3. The van der Waals surface area contributed by atoms with Crippen LogP contribution in [0.1, 0.15) is 55.0 Å². The number of hydrogen-bond acceptors (Lipinski definition) is 13. The Kier molecular flexibility index (Phi) is 14.2. The minimum Gasteiger partial charge on any atom is -0.497 e. The number of likely N-dealkylation sites (tertiary alicyclic amines) is 1. The molecule has 8 rings (SSSR count). The molecular formula is C50H53ClF4N8O6. The summed E-state index contributed by atoms with van der Waals surface area (Å²) in [4.78, 5) is 37.4. The van der Waals surface area contributed by atoms with Crippen LogP contribution in [0.25, 0.3) is 22.2 Å². The van der Waals surface area contributed by atoms with Gasteiger partial charge in [-0.1, -0.05) is 41.9 Å². The van der Waals surface area contributed by atoms with Crippen LogP contribution in [-0.2, 0) is 30.5 Å². The summed E-state index contributed by atoms with van der Waals surface area (Å²) in [6.45, 7) is 7.80. The number of nitrogens with zero attached hydrogens (tertiary/aromatic N) is 7. The molecule has 0 radical (unpaired) electrons. The number of carbonyl (C=O) groups is 1. The van der Waals surface area contributed by atoms with Gasteiger partial charge in [-0.15, -0.1) is 0 Å². The maximum Gasteiger partial charge on any atom is 0.418 e. The van der Waals surface area contributed by atoms with Gasteiger partial charge < -0.3 is 33.5 Å². The standard InChI is InChI=1S/C50H53ClF4N8O6/c1-29-21-39(63(24-30-10-14-35(65-6)15-11-30)25-31-12-16-36(66-7)17-13-31)58-43(41(29)50(53,54)55)37-23-38-40-44(42(37)51)67-20-19-62(26-32-9-8-18-56-45(32)59-48(64)69-49(2,3)4)46(40)60-47(57-38)68-28-34-22-33(52)27-61(34)5/h8-18,21,23,33-34H,19-20,22,24-28H2,1-7H3,(H,56,59,64)/t33-,34+/m1/s1. The first-order chi connectivity index (χ1) is 32.9. The van der Waals surface area contributed by atoms with Crippen LogP contribution >= 0.6 is 11.6 Å². The lowest BCUT2D eigenvalue weighted by atomic mass is 9.98. The number of carbonyl (C=O) groups excluding carboxylic acids is 1. The van der Waals surface area contributed by atoms with Crippen molar-refractivity contribution >= 4 is 46.1 Å². The Labute approximate surface area is 402 Å². The summed E-state index contributed by atoms with van der Waals surface area (Å²) < 4.78 is 89.8. The van der Waals surface area contributed by atoms with Crippen LogP contribution in [-0.4, -0.2) is 96.3 Å². The van der Waals surface area contributed by atoms with E-state index < -0.39 is 35.3 Å². The highest BCUT2D eigenvalue weighted by Gasteiger charge is 2.39. The van der Waals surface area contributed by atoms with Gasteiger partial charge in [0.2, 0.25) is 0 Å². The van der Waals surface area contributed by atoms with Crippen molar-refractivity contribution in [3.05, 3.63) is 112 Å². The molecule has 69 heavy (non-hydrogen) atoms. The van der Waals surface area contributed by atoms with Gasteiger partial charge in [0.15, 0.2) is 5.75 Å². The molecule has 14 nitrogen and oxygen atoms in total. The normalized spacial score (nSPS) is 16.2. The lowest BCUT2D eigenvalue weighted by Gasteiger charge is -2.27. The molecule has 0 unspecified atom stereocenters. The monoisotopic (exact) mass is 972 g/mol. The molecule has 6 aromatic rings. The van der Waals surface area contributed by atoms with E-state index in [1.165, 1.54) is 25.3 Å². The smallest absolute Gasteiger partial charge is 0.418 e. The van der Waals surface area contributed by atoms with E-state index in [1.54, 1.807) is 54.2 Å². The van der Waals surface area contributed by atoms with Gasteiger partial charge in [-0.05, 0) is 100 Å². The van der Waals surface area contributed by atoms with E-state index in [9.17, 15) is 9.18 Å². The number of nitrogens with one attached hydrogen (secondary N) is 1. The Morgan fingerprint density at radius 3 is 2.22 bits per heavy atom. The molecular weight excluding hydrogens is 920 g/mol. The average Bonchev–Trinajstić information content (AvgIpc) is 3.51. The van der Waals surface area contributed by atoms with E-state index in [2.05, 4.69) is 10.3 Å². The molecule has 19 heteroatoms. The zero-order valence-electron chi connectivity index (χ0n) is 39.3. The van der Waals surface area contributed by atoms with E-state index in [0.717, 1.165) is 11.1 Å². The number of aryl methyl sites for hydroxylation is 1. The molecule has 0 saturated carbocycles. The minimum absolute atomic E-state index is 0.0147. The van der Waals surface area contributed by atoms with Gasteiger partial charge >= 0.3 is 18.3 Å². The number of benzene rings is 3. The highest BCUT2D eigenvalue weighted by molar-refractivity contribution is 6.36. The fraction of sp³-hybridized carbons (Fsp3) is 0.380. The first kappa shape index (κ1) is 48.8. The quantitative estimate of drug-likeness (QED) is 0.104. The van der Waals surface area contributed by atoms with E-state index in [-0.39, 0.29) is 103 Å².